The molecule has 1 unspecified atom stereocenters. The summed E-state index contributed by atoms with van der Waals surface area (Å²) in [5, 5.41) is 0. The van der Waals surface area contributed by atoms with Crippen molar-refractivity contribution in [3.05, 3.63) is 143 Å². The molecule has 0 saturated heterocycles. The minimum atomic E-state index is -0.170. The Bertz CT molecular complexity index is 1200. The van der Waals surface area contributed by atoms with E-state index in [1.807, 2.05) is 36.4 Å². The van der Waals surface area contributed by atoms with E-state index in [2.05, 4.69) is 71.6 Å². The molecule has 5 rings (SSSR count). The normalized spacial score (nSPS) is 17.5. The summed E-state index contributed by atoms with van der Waals surface area (Å²) in [6.45, 7) is 1.52. The molecule has 0 spiro atoms. The first-order chi connectivity index (χ1) is 15.3. The van der Waals surface area contributed by atoms with E-state index in [0.29, 0.717) is 0 Å². The average Bonchev–Trinajstić information content (AvgIpc) is 2.81. The number of halogens is 1. The maximum atomic E-state index is 15.1. The average molecular weight is 406 g/mol. The topological polar surface area (TPSA) is 3.24 Å². The molecule has 0 N–H and O–H groups in total. The Labute approximate surface area is 183 Å². The van der Waals surface area contributed by atoms with Crippen molar-refractivity contribution in [2.75, 3.05) is 0 Å². The van der Waals surface area contributed by atoms with Crippen LogP contribution in [0.25, 0.3) is 11.6 Å². The van der Waals surface area contributed by atoms with E-state index in [-0.39, 0.29) is 11.9 Å². The first-order valence-corrected chi connectivity index (χ1v) is 10.7. The van der Waals surface area contributed by atoms with Crippen LogP contribution in [-0.2, 0) is 13.1 Å². The number of hydrogen-bond acceptors (Lipinski definition) is 1. The highest BCUT2D eigenvalue weighted by molar-refractivity contribution is 5.87. The SMILES string of the molecule is Fc1ccccc1C1/C(=C\c2ccccc2)c2ccccc2CN1Cc1ccccc1. The lowest BCUT2D eigenvalue weighted by molar-refractivity contribution is 0.208. The van der Waals surface area contributed by atoms with Gasteiger partial charge in [-0.25, -0.2) is 4.39 Å². The van der Waals surface area contributed by atoms with E-state index >= 15 is 4.39 Å². The highest BCUT2D eigenvalue weighted by Crippen LogP contribution is 2.44. The van der Waals surface area contributed by atoms with Crippen molar-refractivity contribution in [2.24, 2.45) is 0 Å². The van der Waals surface area contributed by atoms with Gasteiger partial charge in [-0.2, -0.15) is 0 Å². The lowest BCUT2D eigenvalue weighted by Gasteiger charge is -2.39. The molecule has 0 bridgehead atoms. The van der Waals surface area contributed by atoms with Crippen molar-refractivity contribution in [3.63, 3.8) is 0 Å². The lowest BCUT2D eigenvalue weighted by atomic mass is 9.83. The predicted molar refractivity (Wildman–Crippen MR) is 126 cm³/mol. The van der Waals surface area contributed by atoms with E-state index in [4.69, 9.17) is 0 Å². The highest BCUT2D eigenvalue weighted by atomic mass is 19.1. The Balaban J connectivity index is 1.70. The number of rotatable bonds is 4. The minimum absolute atomic E-state index is 0.163. The minimum Gasteiger partial charge on any atom is -0.284 e. The van der Waals surface area contributed by atoms with Gasteiger partial charge in [0.05, 0.1) is 6.04 Å². The molecular formula is C29H24FN. The van der Waals surface area contributed by atoms with Gasteiger partial charge in [0.2, 0.25) is 0 Å². The van der Waals surface area contributed by atoms with Crippen LogP contribution in [0.15, 0.2) is 109 Å². The Kier molecular flexibility index (Phi) is 5.47. The molecular weight excluding hydrogens is 381 g/mol. The van der Waals surface area contributed by atoms with Gasteiger partial charge in [0.25, 0.3) is 0 Å². The first kappa shape index (κ1) is 19.5. The second-order valence-corrected chi connectivity index (χ2v) is 7.98. The third kappa shape index (κ3) is 4.08. The van der Waals surface area contributed by atoms with Gasteiger partial charge in [-0.3, -0.25) is 4.90 Å². The second kappa shape index (κ2) is 8.71. The lowest BCUT2D eigenvalue weighted by Crippen LogP contribution is -2.33. The smallest absolute Gasteiger partial charge is 0.128 e. The molecule has 1 aliphatic heterocycles. The van der Waals surface area contributed by atoms with Crippen LogP contribution in [0.5, 0.6) is 0 Å². The van der Waals surface area contributed by atoms with Crippen molar-refractivity contribution in [1.82, 2.24) is 4.90 Å². The summed E-state index contributed by atoms with van der Waals surface area (Å²) in [7, 11) is 0. The maximum absolute atomic E-state index is 15.1. The Hall–Kier alpha value is -3.49. The monoisotopic (exact) mass is 405 g/mol. The standard InChI is InChI=1S/C29H24FN/c30-28-18-10-9-17-26(28)29-27(19-22-11-3-1-4-12-22)25-16-8-7-15-24(25)21-31(29)20-23-13-5-2-6-14-23/h1-19,29H,20-21H2/b27-19-. The largest absolute Gasteiger partial charge is 0.284 e. The molecule has 0 fully saturated rings. The van der Waals surface area contributed by atoms with Gasteiger partial charge in [-0.1, -0.05) is 103 Å². The zero-order chi connectivity index (χ0) is 21.0. The van der Waals surface area contributed by atoms with E-state index < -0.39 is 0 Å². The van der Waals surface area contributed by atoms with Crippen LogP contribution in [0, 0.1) is 5.82 Å². The van der Waals surface area contributed by atoms with Crippen molar-refractivity contribution in [3.8, 4) is 0 Å². The Morgan fingerprint density at radius 2 is 1.39 bits per heavy atom. The van der Waals surface area contributed by atoms with Gasteiger partial charge in [0.1, 0.15) is 5.82 Å². The van der Waals surface area contributed by atoms with Gasteiger partial charge >= 0.3 is 0 Å². The number of nitrogens with zero attached hydrogens (tertiary/aromatic N) is 1. The molecule has 0 amide bonds. The summed E-state index contributed by atoms with van der Waals surface area (Å²) >= 11 is 0. The summed E-state index contributed by atoms with van der Waals surface area (Å²) in [5.74, 6) is -0.163. The van der Waals surface area contributed by atoms with Gasteiger partial charge in [0.15, 0.2) is 0 Å². The highest BCUT2D eigenvalue weighted by Gasteiger charge is 2.33. The predicted octanol–water partition coefficient (Wildman–Crippen LogP) is 7.12. The molecule has 1 atom stereocenters. The van der Waals surface area contributed by atoms with Gasteiger partial charge in [-0.05, 0) is 40.0 Å². The zero-order valence-corrected chi connectivity index (χ0v) is 17.3. The van der Waals surface area contributed by atoms with Crippen LogP contribution in [0.4, 0.5) is 4.39 Å². The fourth-order valence-corrected chi connectivity index (χ4v) is 4.51. The maximum Gasteiger partial charge on any atom is 0.128 e. The van der Waals surface area contributed by atoms with Crippen LogP contribution in [0.3, 0.4) is 0 Å². The van der Waals surface area contributed by atoms with Gasteiger partial charge < -0.3 is 0 Å². The zero-order valence-electron chi connectivity index (χ0n) is 17.3. The molecule has 0 radical (unpaired) electrons. The van der Waals surface area contributed by atoms with Crippen LogP contribution in [0.2, 0.25) is 0 Å². The first-order valence-electron chi connectivity index (χ1n) is 10.7. The Morgan fingerprint density at radius 3 is 2.16 bits per heavy atom. The summed E-state index contributed by atoms with van der Waals surface area (Å²) < 4.78 is 15.1. The molecule has 4 aromatic rings. The third-order valence-electron chi connectivity index (χ3n) is 5.91. The molecule has 1 aliphatic rings. The molecule has 152 valence electrons. The fourth-order valence-electron chi connectivity index (χ4n) is 4.51. The van der Waals surface area contributed by atoms with Crippen LogP contribution in [0.1, 0.15) is 33.9 Å². The van der Waals surface area contributed by atoms with Crippen LogP contribution < -0.4 is 0 Å². The fraction of sp³-hybridized carbons (Fsp3) is 0.103. The van der Waals surface area contributed by atoms with E-state index in [1.54, 1.807) is 12.1 Å². The summed E-state index contributed by atoms with van der Waals surface area (Å²) in [6, 6.07) is 36.3. The van der Waals surface area contributed by atoms with Gasteiger partial charge in [0, 0.05) is 18.7 Å². The van der Waals surface area contributed by atoms with E-state index in [1.165, 1.54) is 16.7 Å². The van der Waals surface area contributed by atoms with Crippen molar-refractivity contribution < 1.29 is 4.39 Å². The summed E-state index contributed by atoms with van der Waals surface area (Å²) in [4.78, 5) is 2.38. The summed E-state index contributed by atoms with van der Waals surface area (Å²) in [5.41, 5.74) is 6.67. The Morgan fingerprint density at radius 1 is 0.742 bits per heavy atom. The molecule has 0 aliphatic carbocycles. The second-order valence-electron chi connectivity index (χ2n) is 7.98. The molecule has 2 heteroatoms. The van der Waals surface area contributed by atoms with Crippen LogP contribution in [-0.4, -0.2) is 4.90 Å². The number of benzene rings is 4. The molecule has 4 aromatic carbocycles. The van der Waals surface area contributed by atoms with Crippen LogP contribution >= 0.6 is 0 Å². The molecule has 1 nitrogen and oxygen atoms in total. The summed E-state index contributed by atoms with van der Waals surface area (Å²) in [6.07, 6.45) is 2.22. The van der Waals surface area contributed by atoms with E-state index in [0.717, 1.165) is 29.8 Å². The molecule has 0 saturated carbocycles. The molecule has 0 aromatic heterocycles. The molecule has 31 heavy (non-hydrogen) atoms. The van der Waals surface area contributed by atoms with Crippen molar-refractivity contribution >= 4 is 11.6 Å². The van der Waals surface area contributed by atoms with E-state index in [9.17, 15) is 0 Å². The van der Waals surface area contributed by atoms with Crippen molar-refractivity contribution in [1.29, 1.82) is 0 Å². The third-order valence-corrected chi connectivity index (χ3v) is 5.91. The number of hydrogen-bond donors (Lipinski definition) is 0. The number of fused-ring (bicyclic) bond motifs is 1. The molecule has 1 heterocycles. The van der Waals surface area contributed by atoms with Gasteiger partial charge in [-0.15, -0.1) is 0 Å². The quantitative estimate of drug-likeness (QED) is 0.349. The van der Waals surface area contributed by atoms with Crippen molar-refractivity contribution in [2.45, 2.75) is 19.1 Å².